The van der Waals surface area contributed by atoms with Gasteiger partial charge in [-0.3, -0.25) is 0 Å². The first-order valence-corrected chi connectivity index (χ1v) is 9.05. The van der Waals surface area contributed by atoms with Gasteiger partial charge in [0.25, 0.3) is 0 Å². The molecule has 0 unspecified atom stereocenters. The van der Waals surface area contributed by atoms with Crippen molar-refractivity contribution in [3.05, 3.63) is 5.21 Å². The maximum Gasteiger partial charge on any atom is 0.102 e. The maximum atomic E-state index is 12.1. The summed E-state index contributed by atoms with van der Waals surface area (Å²) < 4.78 is 5.04. The normalized spacial score (nSPS) is 12.0. The van der Waals surface area contributed by atoms with Crippen molar-refractivity contribution in [1.29, 1.82) is 0 Å². The van der Waals surface area contributed by atoms with E-state index in [4.69, 9.17) is 14.9 Å². The molecular formula is C17H37NO4. The summed E-state index contributed by atoms with van der Waals surface area (Å²) in [6.45, 7) is 4.03. The Hall–Kier alpha value is -0.200. The van der Waals surface area contributed by atoms with E-state index in [2.05, 4.69) is 6.92 Å². The monoisotopic (exact) mass is 319 g/mol. The highest BCUT2D eigenvalue weighted by Gasteiger charge is 2.14. The number of hydrogen-bond acceptors (Lipinski definition) is 4. The zero-order valence-electron chi connectivity index (χ0n) is 14.5. The van der Waals surface area contributed by atoms with Crippen molar-refractivity contribution >= 4 is 0 Å². The maximum absolute atomic E-state index is 12.1. The van der Waals surface area contributed by atoms with Crippen molar-refractivity contribution < 1.29 is 19.6 Å². The van der Waals surface area contributed by atoms with Gasteiger partial charge in [0.15, 0.2) is 0 Å². The average molecular weight is 319 g/mol. The lowest BCUT2D eigenvalue weighted by molar-refractivity contribution is -0.881. The van der Waals surface area contributed by atoms with Gasteiger partial charge in [0.1, 0.15) is 13.1 Å². The van der Waals surface area contributed by atoms with E-state index in [9.17, 15) is 5.21 Å². The van der Waals surface area contributed by atoms with E-state index < -0.39 is 4.65 Å². The SMILES string of the molecule is CCCCCCCCCCOCCC[N+]([O-])(CCO)CCO. The van der Waals surface area contributed by atoms with Crippen LogP contribution in [0.5, 0.6) is 0 Å². The van der Waals surface area contributed by atoms with Crippen molar-refractivity contribution in [3.63, 3.8) is 0 Å². The number of unbranched alkanes of at least 4 members (excludes halogenated alkanes) is 7. The Labute approximate surface area is 136 Å². The Bertz CT molecular complexity index is 221. The van der Waals surface area contributed by atoms with E-state index in [1.807, 2.05) is 0 Å². The first-order valence-electron chi connectivity index (χ1n) is 9.05. The molecule has 0 spiro atoms. The van der Waals surface area contributed by atoms with Crippen LogP contribution in [-0.2, 0) is 4.74 Å². The predicted molar refractivity (Wildman–Crippen MR) is 90.4 cm³/mol. The van der Waals surface area contributed by atoms with Gasteiger partial charge in [-0.2, -0.15) is 0 Å². The zero-order valence-corrected chi connectivity index (χ0v) is 14.5. The molecule has 0 bridgehead atoms. The quantitative estimate of drug-likeness (QED) is 0.246. The van der Waals surface area contributed by atoms with E-state index in [1.54, 1.807) is 0 Å². The number of hydroxylamine groups is 3. The molecular weight excluding hydrogens is 282 g/mol. The minimum atomic E-state index is -0.520. The second-order valence-corrected chi connectivity index (χ2v) is 6.12. The summed E-state index contributed by atoms with van der Waals surface area (Å²) in [6.07, 6.45) is 11.0. The van der Waals surface area contributed by atoms with Gasteiger partial charge in [-0.15, -0.1) is 0 Å². The van der Waals surface area contributed by atoms with Gasteiger partial charge in [0.2, 0.25) is 0 Å². The van der Waals surface area contributed by atoms with Crippen molar-refractivity contribution in [1.82, 2.24) is 0 Å². The van der Waals surface area contributed by atoms with Gasteiger partial charge in [0, 0.05) is 13.0 Å². The first kappa shape index (κ1) is 21.8. The Kier molecular flexibility index (Phi) is 15.5. The summed E-state index contributed by atoms with van der Waals surface area (Å²) in [4.78, 5) is 0. The van der Waals surface area contributed by atoms with Crippen LogP contribution >= 0.6 is 0 Å². The minimum absolute atomic E-state index is 0.136. The van der Waals surface area contributed by atoms with E-state index in [0.29, 0.717) is 19.6 Å². The van der Waals surface area contributed by atoms with E-state index in [-0.39, 0.29) is 26.3 Å². The highest BCUT2D eigenvalue weighted by atomic mass is 16.5. The standard InChI is InChI=1S/C17H37NO4/c1-2-3-4-5-6-7-8-9-16-22-17-10-11-18(21,12-14-19)13-15-20/h19-20H,2-17H2,1H3. The van der Waals surface area contributed by atoms with Gasteiger partial charge in [-0.1, -0.05) is 51.9 Å². The fraction of sp³-hybridized carbons (Fsp3) is 1.00. The molecule has 0 aliphatic rings. The van der Waals surface area contributed by atoms with Gasteiger partial charge in [0.05, 0.1) is 26.4 Å². The molecule has 5 heteroatoms. The van der Waals surface area contributed by atoms with Gasteiger partial charge in [-0.25, -0.2) is 0 Å². The Morgan fingerprint density at radius 3 is 1.77 bits per heavy atom. The van der Waals surface area contributed by atoms with Crippen LogP contribution < -0.4 is 0 Å². The second-order valence-electron chi connectivity index (χ2n) is 6.12. The fourth-order valence-corrected chi connectivity index (χ4v) is 2.59. The lowest BCUT2D eigenvalue weighted by atomic mass is 10.1. The smallest absolute Gasteiger partial charge is 0.102 e. The number of rotatable bonds is 17. The number of ether oxygens (including phenoxy) is 1. The zero-order chi connectivity index (χ0) is 16.5. The molecule has 0 heterocycles. The predicted octanol–water partition coefficient (Wildman–Crippen LogP) is 2.83. The largest absolute Gasteiger partial charge is 0.633 e. The molecule has 0 atom stereocenters. The molecule has 5 nitrogen and oxygen atoms in total. The van der Waals surface area contributed by atoms with Crippen LogP contribution in [-0.4, -0.2) is 60.9 Å². The van der Waals surface area contributed by atoms with Crippen molar-refractivity contribution in [2.75, 3.05) is 46.1 Å². The second kappa shape index (κ2) is 15.7. The molecule has 0 saturated carbocycles. The molecule has 0 fully saturated rings. The molecule has 0 aromatic carbocycles. The van der Waals surface area contributed by atoms with Crippen LogP contribution in [0.3, 0.4) is 0 Å². The summed E-state index contributed by atoms with van der Waals surface area (Å²) >= 11 is 0. The van der Waals surface area contributed by atoms with Crippen LogP contribution in [0, 0.1) is 5.21 Å². The first-order chi connectivity index (χ1) is 10.7. The van der Waals surface area contributed by atoms with Crippen molar-refractivity contribution in [2.45, 2.75) is 64.7 Å². The molecule has 0 radical (unpaired) electrons. The van der Waals surface area contributed by atoms with Crippen LogP contribution in [0.15, 0.2) is 0 Å². The molecule has 2 N–H and O–H groups in total. The number of aliphatic hydroxyl groups is 2. The van der Waals surface area contributed by atoms with Gasteiger partial charge >= 0.3 is 0 Å². The molecule has 0 aliphatic carbocycles. The summed E-state index contributed by atoms with van der Waals surface area (Å²) in [5, 5.41) is 29.9. The van der Waals surface area contributed by atoms with Crippen molar-refractivity contribution in [2.24, 2.45) is 0 Å². The minimum Gasteiger partial charge on any atom is -0.633 e. The molecule has 0 aromatic heterocycles. The highest BCUT2D eigenvalue weighted by molar-refractivity contribution is 4.48. The Morgan fingerprint density at radius 2 is 1.23 bits per heavy atom. The highest BCUT2D eigenvalue weighted by Crippen LogP contribution is 2.09. The van der Waals surface area contributed by atoms with Gasteiger partial charge in [-0.05, 0) is 6.42 Å². The lowest BCUT2D eigenvalue weighted by Gasteiger charge is -2.41. The molecule has 0 rings (SSSR count). The number of hydrogen-bond donors (Lipinski definition) is 2. The Balaban J connectivity index is 3.34. The summed E-state index contributed by atoms with van der Waals surface area (Å²) in [5.74, 6) is 0. The third-order valence-electron chi connectivity index (χ3n) is 4.01. The van der Waals surface area contributed by atoms with E-state index >= 15 is 0 Å². The molecule has 0 saturated heterocycles. The summed E-state index contributed by atoms with van der Waals surface area (Å²) in [7, 11) is 0. The van der Waals surface area contributed by atoms with E-state index in [1.165, 1.54) is 44.9 Å². The van der Waals surface area contributed by atoms with E-state index in [0.717, 1.165) is 13.0 Å². The Morgan fingerprint density at radius 1 is 0.727 bits per heavy atom. The summed E-state index contributed by atoms with van der Waals surface area (Å²) in [6, 6.07) is 0. The fourth-order valence-electron chi connectivity index (χ4n) is 2.59. The van der Waals surface area contributed by atoms with Crippen molar-refractivity contribution in [3.8, 4) is 0 Å². The molecule has 0 aliphatic heterocycles. The van der Waals surface area contributed by atoms with Gasteiger partial charge < -0.3 is 24.8 Å². The topological polar surface area (TPSA) is 72.8 Å². The number of nitrogens with zero attached hydrogens (tertiary/aromatic N) is 1. The van der Waals surface area contributed by atoms with Crippen LogP contribution in [0.25, 0.3) is 0 Å². The summed E-state index contributed by atoms with van der Waals surface area (Å²) in [5.41, 5.74) is 0. The lowest BCUT2D eigenvalue weighted by Crippen LogP contribution is -2.47. The third-order valence-corrected chi connectivity index (χ3v) is 4.01. The third kappa shape index (κ3) is 13.5. The van der Waals surface area contributed by atoms with Crippen LogP contribution in [0.2, 0.25) is 0 Å². The molecule has 0 aromatic rings. The average Bonchev–Trinajstić information content (AvgIpc) is 2.49. The van der Waals surface area contributed by atoms with Crippen LogP contribution in [0.4, 0.5) is 0 Å². The number of quaternary nitrogens is 1. The molecule has 22 heavy (non-hydrogen) atoms. The molecule has 134 valence electrons. The number of aliphatic hydroxyl groups excluding tert-OH is 2. The van der Waals surface area contributed by atoms with Crippen LogP contribution in [0.1, 0.15) is 64.7 Å². The molecule has 0 amide bonds.